The van der Waals surface area contributed by atoms with Crippen LogP contribution in [0.25, 0.3) is 21.3 Å². The largest absolute Gasteiger partial charge is 0.454 e. The van der Waals surface area contributed by atoms with Crippen molar-refractivity contribution in [3.8, 4) is 28.7 Å². The molecule has 0 aliphatic heterocycles. The lowest BCUT2D eigenvalue weighted by atomic mass is 10.0. The molecule has 0 fully saturated rings. The molecule has 13 heteroatoms. The van der Waals surface area contributed by atoms with Crippen molar-refractivity contribution in [1.82, 2.24) is 4.98 Å². The van der Waals surface area contributed by atoms with E-state index in [-0.39, 0.29) is 39.0 Å². The van der Waals surface area contributed by atoms with Crippen LogP contribution in [0.4, 0.5) is 43.9 Å². The van der Waals surface area contributed by atoms with Crippen LogP contribution < -0.4 is 4.74 Å². The van der Waals surface area contributed by atoms with Crippen LogP contribution in [0.5, 0.6) is 5.75 Å². The number of hydrogen-bond donors (Lipinski definition) is 0. The van der Waals surface area contributed by atoms with Gasteiger partial charge in [0.1, 0.15) is 40.4 Å². The maximum absolute atomic E-state index is 14.8. The number of nitrogens with zero attached hydrogens (tertiary/aromatic N) is 1. The van der Waals surface area contributed by atoms with Gasteiger partial charge in [0, 0.05) is 23.3 Å². The molecule has 5 aromatic rings. The first kappa shape index (κ1) is 29.9. The third kappa shape index (κ3) is 6.15. The molecule has 4 aromatic carbocycles. The summed E-state index contributed by atoms with van der Waals surface area (Å²) in [6, 6.07) is 9.86. The van der Waals surface area contributed by atoms with Crippen molar-refractivity contribution in [2.75, 3.05) is 0 Å². The number of ether oxygens (including phenoxy) is 1. The molecule has 0 spiro atoms. The van der Waals surface area contributed by atoms with Gasteiger partial charge in [-0.15, -0.1) is 11.3 Å². The number of hydrogen-bond acceptors (Lipinski definition) is 3. The van der Waals surface area contributed by atoms with E-state index in [1.54, 1.807) is 13.0 Å². The summed E-state index contributed by atoms with van der Waals surface area (Å²) in [6.07, 6.45) is -9.70. The van der Waals surface area contributed by atoms with Crippen molar-refractivity contribution in [3.63, 3.8) is 0 Å². The van der Waals surface area contributed by atoms with Gasteiger partial charge >= 0.3 is 12.3 Å². The van der Waals surface area contributed by atoms with Crippen LogP contribution in [-0.4, -0.2) is 4.98 Å². The minimum absolute atomic E-state index is 0.0104. The number of thiazole rings is 1. The fraction of sp³-hybridized carbons (Fsp3) is 0.100. The Bertz CT molecular complexity index is 1910. The summed E-state index contributed by atoms with van der Waals surface area (Å²) in [6.45, 7) is 1.66. The lowest BCUT2D eigenvalue weighted by molar-refractivity contribution is -0.185. The maximum Gasteiger partial charge on any atom is 0.454 e. The van der Waals surface area contributed by atoms with Gasteiger partial charge in [-0.1, -0.05) is 24.0 Å². The first-order chi connectivity index (χ1) is 20.1. The quantitative estimate of drug-likeness (QED) is 0.147. The minimum Gasteiger partial charge on any atom is -0.427 e. The highest BCUT2D eigenvalue weighted by molar-refractivity contribution is 7.18. The zero-order chi connectivity index (χ0) is 31.3. The number of halogens is 10. The van der Waals surface area contributed by atoms with Crippen molar-refractivity contribution in [2.45, 2.75) is 19.2 Å². The monoisotopic (exact) mass is 625 g/mol. The highest BCUT2D eigenvalue weighted by Crippen LogP contribution is 2.40. The second kappa shape index (κ2) is 10.9. The van der Waals surface area contributed by atoms with Gasteiger partial charge in [0.25, 0.3) is 0 Å². The van der Waals surface area contributed by atoms with Crippen molar-refractivity contribution < 1.29 is 48.6 Å². The summed E-state index contributed by atoms with van der Waals surface area (Å²) >= 11 is 0.378. The van der Waals surface area contributed by atoms with Gasteiger partial charge in [-0.2, -0.15) is 22.0 Å². The zero-order valence-corrected chi connectivity index (χ0v) is 22.1. The Morgan fingerprint density at radius 3 is 1.98 bits per heavy atom. The van der Waals surface area contributed by atoms with E-state index in [1.807, 2.05) is 0 Å². The lowest BCUT2D eigenvalue weighted by Crippen LogP contribution is -2.22. The van der Waals surface area contributed by atoms with Crippen LogP contribution in [0.2, 0.25) is 0 Å². The first-order valence-corrected chi connectivity index (χ1v) is 12.8. The molecule has 0 N–H and O–H groups in total. The van der Waals surface area contributed by atoms with Crippen molar-refractivity contribution in [3.05, 3.63) is 117 Å². The zero-order valence-electron chi connectivity index (χ0n) is 21.3. The van der Waals surface area contributed by atoms with E-state index in [0.717, 1.165) is 12.1 Å². The predicted octanol–water partition coefficient (Wildman–Crippen LogP) is 9.51. The molecule has 43 heavy (non-hydrogen) atoms. The van der Waals surface area contributed by atoms with Crippen LogP contribution in [0, 0.1) is 47.9 Å². The van der Waals surface area contributed by atoms with E-state index in [0.29, 0.717) is 16.9 Å². The Morgan fingerprint density at radius 2 is 1.37 bits per heavy atom. The normalized spacial score (nSPS) is 11.9. The number of benzene rings is 4. The smallest absolute Gasteiger partial charge is 0.427 e. The molecule has 0 aliphatic carbocycles. The van der Waals surface area contributed by atoms with E-state index < -0.39 is 63.3 Å². The molecule has 1 aromatic heterocycles. The Balaban J connectivity index is 1.40. The second-order valence-corrected chi connectivity index (χ2v) is 10.2. The topological polar surface area (TPSA) is 22.1 Å². The van der Waals surface area contributed by atoms with Gasteiger partial charge < -0.3 is 4.74 Å². The highest BCUT2D eigenvalue weighted by atomic mass is 32.1. The van der Waals surface area contributed by atoms with Crippen LogP contribution in [0.3, 0.4) is 0 Å². The molecule has 0 radical (unpaired) electrons. The summed E-state index contributed by atoms with van der Waals surface area (Å²) in [4.78, 5) is 3.70. The molecular formula is C30H13F10NOS. The average molecular weight is 625 g/mol. The second-order valence-electron chi connectivity index (χ2n) is 9.13. The summed E-state index contributed by atoms with van der Waals surface area (Å²) < 4.78 is 144. The van der Waals surface area contributed by atoms with Gasteiger partial charge in [0.15, 0.2) is 0 Å². The Kier molecular flexibility index (Phi) is 7.60. The van der Waals surface area contributed by atoms with E-state index >= 15 is 0 Å². The van der Waals surface area contributed by atoms with Crippen molar-refractivity contribution in [1.29, 1.82) is 0 Å². The van der Waals surface area contributed by atoms with Gasteiger partial charge in [-0.3, -0.25) is 0 Å². The van der Waals surface area contributed by atoms with Crippen LogP contribution >= 0.6 is 11.3 Å². The number of fused-ring (bicyclic) bond motifs is 1. The molecule has 0 saturated heterocycles. The van der Waals surface area contributed by atoms with Crippen LogP contribution in [0.15, 0.2) is 60.7 Å². The standard InChI is InChI=1S/C30H13F10NOS/c1-14-2-5-18(20(31)8-14)16-10-21(32)19(22(33)11-16)6-3-15-4-7-25-26(9-15)43-28(41-25)30(39,40)42-17-12-23(34)27(24(35)13-17)29(36,37)38/h2,4-5,7-13H,1H3. The van der Waals surface area contributed by atoms with Gasteiger partial charge in [-0.05, 0) is 54.4 Å². The van der Waals surface area contributed by atoms with Gasteiger partial charge in [-0.25, -0.2) is 26.9 Å². The number of alkyl halides is 5. The SMILES string of the molecule is Cc1ccc(-c2cc(F)c(C#Cc3ccc4nc(C(F)(F)Oc5cc(F)c(C(F)(F)F)c(F)c5)sc4c3)c(F)c2)c(F)c1. The molecule has 0 amide bonds. The summed E-state index contributed by atoms with van der Waals surface area (Å²) in [5, 5.41) is -0.996. The molecule has 0 bridgehead atoms. The molecule has 0 atom stereocenters. The molecule has 2 nitrogen and oxygen atoms in total. The van der Waals surface area contributed by atoms with Gasteiger partial charge in [0.2, 0.25) is 5.01 Å². The third-order valence-corrected chi connectivity index (χ3v) is 7.06. The number of aromatic nitrogens is 1. The molecule has 220 valence electrons. The highest BCUT2D eigenvalue weighted by Gasteiger charge is 2.41. The summed E-state index contributed by atoms with van der Waals surface area (Å²) in [5.41, 5.74) is -2.14. The fourth-order valence-corrected chi connectivity index (χ4v) is 4.95. The first-order valence-electron chi connectivity index (χ1n) is 11.9. The van der Waals surface area contributed by atoms with E-state index in [2.05, 4.69) is 21.6 Å². The molecule has 1 heterocycles. The number of aryl methyl sites for hydroxylation is 1. The molecule has 0 saturated carbocycles. The molecule has 0 unspecified atom stereocenters. The summed E-state index contributed by atoms with van der Waals surface area (Å²) in [5.74, 6) is -3.44. The van der Waals surface area contributed by atoms with E-state index in [1.165, 1.54) is 30.3 Å². The maximum atomic E-state index is 14.8. The van der Waals surface area contributed by atoms with Gasteiger partial charge in [0.05, 0.1) is 15.8 Å². The van der Waals surface area contributed by atoms with Crippen molar-refractivity contribution in [2.24, 2.45) is 0 Å². The van der Waals surface area contributed by atoms with E-state index in [9.17, 15) is 43.9 Å². The Labute approximate surface area is 240 Å². The average Bonchev–Trinajstić information content (AvgIpc) is 3.31. The third-order valence-electron chi connectivity index (χ3n) is 5.99. The lowest BCUT2D eigenvalue weighted by Gasteiger charge is -2.17. The van der Waals surface area contributed by atoms with Crippen LogP contribution in [-0.2, 0) is 12.3 Å². The minimum atomic E-state index is -5.40. The molecular weight excluding hydrogens is 612 g/mol. The Hall–Kier alpha value is -4.57. The van der Waals surface area contributed by atoms with E-state index in [4.69, 9.17) is 0 Å². The summed E-state index contributed by atoms with van der Waals surface area (Å²) in [7, 11) is 0. The van der Waals surface area contributed by atoms with Crippen molar-refractivity contribution >= 4 is 21.6 Å². The Morgan fingerprint density at radius 1 is 0.721 bits per heavy atom. The predicted molar refractivity (Wildman–Crippen MR) is 138 cm³/mol. The molecule has 0 aliphatic rings. The molecule has 5 rings (SSSR count). The van der Waals surface area contributed by atoms with Crippen LogP contribution in [0.1, 0.15) is 27.3 Å². The number of rotatable bonds is 4. The fourth-order valence-electron chi connectivity index (χ4n) is 4.04.